The Morgan fingerprint density at radius 3 is 2.44 bits per heavy atom. The molecule has 0 aliphatic heterocycles. The zero-order chi connectivity index (χ0) is 18.4. The summed E-state index contributed by atoms with van der Waals surface area (Å²) in [7, 11) is 0. The van der Waals surface area contributed by atoms with Gasteiger partial charge in [-0.1, -0.05) is 6.07 Å². The second kappa shape index (κ2) is 7.95. The lowest BCUT2D eigenvalue weighted by Crippen LogP contribution is -2.26. The molecule has 1 heterocycles. The summed E-state index contributed by atoms with van der Waals surface area (Å²) < 4.78 is 55.0. The summed E-state index contributed by atoms with van der Waals surface area (Å²) in [6.45, 7) is 3.26. The summed E-state index contributed by atoms with van der Waals surface area (Å²) in [5.41, 5.74) is 0.346. The van der Waals surface area contributed by atoms with Crippen LogP contribution in [0.5, 0.6) is 6.01 Å². The first kappa shape index (κ1) is 18.7. The summed E-state index contributed by atoms with van der Waals surface area (Å²) in [4.78, 5) is 13.6. The van der Waals surface area contributed by atoms with Gasteiger partial charge in [0.1, 0.15) is 5.82 Å². The Balaban J connectivity index is 2.31. The first-order chi connectivity index (χ1) is 11.8. The zero-order valence-corrected chi connectivity index (χ0v) is 13.6. The first-order valence-electron chi connectivity index (χ1n) is 7.54. The fourth-order valence-corrected chi connectivity index (χ4v) is 1.96. The summed E-state index contributed by atoms with van der Waals surface area (Å²) in [6.07, 6.45) is -4.52. The van der Waals surface area contributed by atoms with Gasteiger partial charge in [-0.3, -0.25) is 0 Å². The Kier molecular flexibility index (Phi) is 5.94. The van der Waals surface area contributed by atoms with Gasteiger partial charge in [0.05, 0.1) is 0 Å². The van der Waals surface area contributed by atoms with E-state index in [1.54, 1.807) is 11.0 Å². The molecule has 1 N–H and O–H groups in total. The van der Waals surface area contributed by atoms with Crippen LogP contribution in [0.1, 0.15) is 13.8 Å². The van der Waals surface area contributed by atoms with Crippen LogP contribution >= 0.6 is 0 Å². The van der Waals surface area contributed by atoms with Crippen molar-refractivity contribution in [3.63, 3.8) is 0 Å². The minimum Gasteiger partial charge on any atom is -0.454 e. The number of ether oxygens (including phenoxy) is 1. The predicted molar refractivity (Wildman–Crippen MR) is 84.6 cm³/mol. The van der Waals surface area contributed by atoms with Crippen LogP contribution in [-0.4, -0.2) is 40.8 Å². The molecule has 136 valence electrons. The van der Waals surface area contributed by atoms with Gasteiger partial charge >= 0.3 is 12.2 Å². The minimum absolute atomic E-state index is 0.0420. The zero-order valence-electron chi connectivity index (χ0n) is 13.6. The maximum Gasteiger partial charge on any atom is 0.422 e. The predicted octanol–water partition coefficient (Wildman–Crippen LogP) is 3.54. The molecule has 0 atom stereocenters. The largest absolute Gasteiger partial charge is 0.454 e. The number of halogens is 4. The molecule has 0 spiro atoms. The van der Waals surface area contributed by atoms with Crippen LogP contribution in [0.4, 0.5) is 35.1 Å². The molecule has 0 saturated carbocycles. The first-order valence-corrected chi connectivity index (χ1v) is 7.54. The van der Waals surface area contributed by atoms with Crippen molar-refractivity contribution in [3.05, 3.63) is 30.1 Å². The van der Waals surface area contributed by atoms with E-state index in [1.807, 2.05) is 13.8 Å². The van der Waals surface area contributed by atoms with E-state index < -0.39 is 24.6 Å². The molecule has 0 aliphatic rings. The van der Waals surface area contributed by atoms with E-state index in [1.165, 1.54) is 18.2 Å². The van der Waals surface area contributed by atoms with E-state index >= 15 is 0 Å². The molecule has 1 aromatic heterocycles. The summed E-state index contributed by atoms with van der Waals surface area (Å²) in [5, 5.41) is 2.74. The van der Waals surface area contributed by atoms with Gasteiger partial charge in [-0.05, 0) is 32.0 Å². The van der Waals surface area contributed by atoms with Gasteiger partial charge in [-0.2, -0.15) is 28.1 Å². The number of hydrogen-bond donors (Lipinski definition) is 1. The van der Waals surface area contributed by atoms with E-state index in [9.17, 15) is 17.6 Å². The fraction of sp³-hybridized carbons (Fsp3) is 0.400. The van der Waals surface area contributed by atoms with Gasteiger partial charge in [-0.15, -0.1) is 0 Å². The number of anilines is 3. The molecule has 10 heteroatoms. The molecule has 1 aromatic carbocycles. The fourth-order valence-electron chi connectivity index (χ4n) is 1.96. The van der Waals surface area contributed by atoms with E-state index in [4.69, 9.17) is 0 Å². The SMILES string of the molecule is CCN(CC)c1nc(Nc2cccc(F)c2)nc(OCC(F)(F)F)n1. The molecule has 0 aliphatic carbocycles. The number of aromatic nitrogens is 3. The summed E-state index contributed by atoms with van der Waals surface area (Å²) in [5.74, 6) is -0.354. The lowest BCUT2D eigenvalue weighted by Gasteiger charge is -2.19. The highest BCUT2D eigenvalue weighted by molar-refractivity contribution is 5.54. The standard InChI is InChI=1S/C15H17F4N5O/c1-3-24(4-2)13-21-12(20-11-7-5-6-10(16)8-11)22-14(23-13)25-9-15(17,18)19/h5-8H,3-4,9H2,1-2H3,(H,20,21,22,23). The maximum absolute atomic E-state index is 13.3. The Labute approximate surface area is 141 Å². The van der Waals surface area contributed by atoms with Crippen molar-refractivity contribution < 1.29 is 22.3 Å². The molecule has 0 radical (unpaired) electrons. The number of nitrogens with zero attached hydrogens (tertiary/aromatic N) is 4. The van der Waals surface area contributed by atoms with Gasteiger partial charge in [-0.25, -0.2) is 4.39 Å². The Hall–Kier alpha value is -2.65. The van der Waals surface area contributed by atoms with Gasteiger partial charge in [0.25, 0.3) is 0 Å². The van der Waals surface area contributed by atoms with Gasteiger partial charge in [0.2, 0.25) is 11.9 Å². The smallest absolute Gasteiger partial charge is 0.422 e. The Morgan fingerprint density at radius 1 is 1.12 bits per heavy atom. The van der Waals surface area contributed by atoms with Crippen molar-refractivity contribution in [2.45, 2.75) is 20.0 Å². The van der Waals surface area contributed by atoms with E-state index in [0.717, 1.165) is 0 Å². The quantitative estimate of drug-likeness (QED) is 0.763. The highest BCUT2D eigenvalue weighted by Gasteiger charge is 2.29. The Morgan fingerprint density at radius 2 is 1.84 bits per heavy atom. The lowest BCUT2D eigenvalue weighted by atomic mass is 10.3. The summed E-state index contributed by atoms with van der Waals surface area (Å²) in [6, 6.07) is 5.05. The van der Waals surface area contributed by atoms with Crippen molar-refractivity contribution in [1.82, 2.24) is 15.0 Å². The monoisotopic (exact) mass is 359 g/mol. The normalized spacial score (nSPS) is 11.3. The molecular formula is C15H17F4N5O. The second-order valence-electron chi connectivity index (χ2n) is 4.95. The van der Waals surface area contributed by atoms with Crippen LogP contribution in [0.25, 0.3) is 0 Å². The Bertz CT molecular complexity index is 707. The van der Waals surface area contributed by atoms with E-state index in [2.05, 4.69) is 25.0 Å². The molecule has 0 saturated heterocycles. The average Bonchev–Trinajstić information content (AvgIpc) is 2.53. The van der Waals surface area contributed by atoms with Crippen molar-refractivity contribution in [3.8, 4) is 6.01 Å². The third kappa shape index (κ3) is 5.73. The van der Waals surface area contributed by atoms with E-state index in [0.29, 0.717) is 18.8 Å². The third-order valence-electron chi connectivity index (χ3n) is 3.10. The van der Waals surface area contributed by atoms with Crippen molar-refractivity contribution in [1.29, 1.82) is 0 Å². The number of hydrogen-bond acceptors (Lipinski definition) is 6. The van der Waals surface area contributed by atoms with Crippen LogP contribution < -0.4 is 15.0 Å². The van der Waals surface area contributed by atoms with Gasteiger partial charge < -0.3 is 15.0 Å². The molecular weight excluding hydrogens is 342 g/mol. The highest BCUT2D eigenvalue weighted by atomic mass is 19.4. The van der Waals surface area contributed by atoms with Gasteiger partial charge in [0.15, 0.2) is 6.61 Å². The van der Waals surface area contributed by atoms with Crippen molar-refractivity contribution >= 4 is 17.6 Å². The number of alkyl halides is 3. The van der Waals surface area contributed by atoms with Crippen LogP contribution in [0.3, 0.4) is 0 Å². The molecule has 25 heavy (non-hydrogen) atoms. The van der Waals surface area contributed by atoms with Crippen LogP contribution in [0.15, 0.2) is 24.3 Å². The minimum atomic E-state index is -4.52. The maximum atomic E-state index is 13.3. The van der Waals surface area contributed by atoms with Crippen molar-refractivity contribution in [2.24, 2.45) is 0 Å². The average molecular weight is 359 g/mol. The number of nitrogens with one attached hydrogen (secondary N) is 1. The molecule has 2 aromatic rings. The molecule has 0 amide bonds. The third-order valence-corrected chi connectivity index (χ3v) is 3.10. The molecule has 0 bridgehead atoms. The number of rotatable bonds is 7. The molecule has 0 unspecified atom stereocenters. The highest BCUT2D eigenvalue weighted by Crippen LogP contribution is 2.21. The lowest BCUT2D eigenvalue weighted by molar-refractivity contribution is -0.154. The molecule has 6 nitrogen and oxygen atoms in total. The number of benzene rings is 1. The van der Waals surface area contributed by atoms with Crippen molar-refractivity contribution in [2.75, 3.05) is 29.9 Å². The van der Waals surface area contributed by atoms with Crippen LogP contribution in [-0.2, 0) is 0 Å². The molecule has 0 fully saturated rings. The second-order valence-corrected chi connectivity index (χ2v) is 4.95. The van der Waals surface area contributed by atoms with Crippen LogP contribution in [0.2, 0.25) is 0 Å². The summed E-state index contributed by atoms with van der Waals surface area (Å²) >= 11 is 0. The van der Waals surface area contributed by atoms with Crippen LogP contribution in [0, 0.1) is 5.82 Å². The molecule has 2 rings (SSSR count). The van der Waals surface area contributed by atoms with Gasteiger partial charge in [0, 0.05) is 18.8 Å². The van der Waals surface area contributed by atoms with E-state index in [-0.39, 0.29) is 11.9 Å². The topological polar surface area (TPSA) is 63.2 Å².